The predicted octanol–water partition coefficient (Wildman–Crippen LogP) is 5.21. The summed E-state index contributed by atoms with van der Waals surface area (Å²) in [6, 6.07) is 8.62. The molecule has 0 radical (unpaired) electrons. The Hall–Kier alpha value is -4.71. The number of hydrogen-bond donors (Lipinski definition) is 1. The molecule has 0 spiro atoms. The molecule has 0 saturated carbocycles. The number of aromatic nitrogens is 4. The molecular weight excluding hydrogens is 652 g/mol. The second kappa shape index (κ2) is 11.8. The number of alkyl halides is 2. The summed E-state index contributed by atoms with van der Waals surface area (Å²) >= 11 is 7.61. The number of thiophene rings is 1. The van der Waals surface area contributed by atoms with E-state index >= 15 is 0 Å². The number of aromatic carboxylic acids is 1. The largest absolute Gasteiger partial charge is 0.491 e. The number of piperazine rings is 1. The van der Waals surface area contributed by atoms with E-state index in [0.29, 0.717) is 51.0 Å². The second-order valence-corrected chi connectivity index (χ2v) is 12.9. The minimum Gasteiger partial charge on any atom is -0.491 e. The van der Waals surface area contributed by atoms with Gasteiger partial charge in [0.15, 0.2) is 0 Å². The lowest BCUT2D eigenvalue weighted by Gasteiger charge is -2.37. The van der Waals surface area contributed by atoms with Gasteiger partial charge < -0.3 is 14.7 Å². The van der Waals surface area contributed by atoms with Crippen LogP contribution in [0.3, 0.4) is 0 Å². The lowest BCUT2D eigenvalue weighted by atomic mass is 10.0. The number of nitrogens with zero attached hydrogens (tertiary/aromatic N) is 7. The number of anilines is 1. The number of carboxylic acid groups (broad SMARTS) is 1. The third kappa shape index (κ3) is 5.54. The summed E-state index contributed by atoms with van der Waals surface area (Å²) in [5.41, 5.74) is 1.70. The van der Waals surface area contributed by atoms with Crippen molar-refractivity contribution < 1.29 is 23.4 Å². The van der Waals surface area contributed by atoms with Gasteiger partial charge in [0.1, 0.15) is 35.6 Å². The van der Waals surface area contributed by atoms with Crippen LogP contribution in [0.5, 0.6) is 5.75 Å². The van der Waals surface area contributed by atoms with Crippen LogP contribution in [0, 0.1) is 18.3 Å². The third-order valence-electron chi connectivity index (χ3n) is 8.64. The van der Waals surface area contributed by atoms with Crippen molar-refractivity contribution in [1.82, 2.24) is 24.4 Å². The van der Waals surface area contributed by atoms with Crippen LogP contribution >= 0.6 is 22.9 Å². The average molecular weight is 678 g/mol. The van der Waals surface area contributed by atoms with E-state index in [4.69, 9.17) is 16.3 Å². The molecule has 6 heterocycles. The van der Waals surface area contributed by atoms with Gasteiger partial charge in [0.2, 0.25) is 0 Å². The van der Waals surface area contributed by atoms with Crippen molar-refractivity contribution in [3.8, 4) is 22.9 Å². The van der Waals surface area contributed by atoms with Gasteiger partial charge in [0.25, 0.3) is 11.5 Å². The maximum Gasteiger partial charge on any atom is 0.338 e. The molecule has 2 aliphatic heterocycles. The van der Waals surface area contributed by atoms with Gasteiger partial charge in [0, 0.05) is 59.8 Å². The molecule has 5 aromatic rings. The van der Waals surface area contributed by atoms with Gasteiger partial charge in [-0.25, -0.2) is 23.5 Å². The number of benzene rings is 1. The number of nitriles is 1. The van der Waals surface area contributed by atoms with Gasteiger partial charge in [-0.3, -0.25) is 19.2 Å². The predicted molar refractivity (Wildman–Crippen MR) is 173 cm³/mol. The highest BCUT2D eigenvalue weighted by atomic mass is 35.5. The van der Waals surface area contributed by atoms with Crippen LogP contribution in [0.15, 0.2) is 46.8 Å². The van der Waals surface area contributed by atoms with Crippen molar-refractivity contribution in [3.05, 3.63) is 74.4 Å². The van der Waals surface area contributed by atoms with Gasteiger partial charge in [-0.1, -0.05) is 11.6 Å². The first-order chi connectivity index (χ1) is 22.5. The minimum absolute atomic E-state index is 0.0548. The van der Waals surface area contributed by atoms with Crippen molar-refractivity contribution in [3.63, 3.8) is 0 Å². The zero-order chi connectivity index (χ0) is 33.0. The molecule has 240 valence electrons. The molecule has 11 nitrogen and oxygen atoms in total. The Balaban J connectivity index is 1.18. The summed E-state index contributed by atoms with van der Waals surface area (Å²) < 4.78 is 36.4. The Bertz CT molecular complexity index is 2180. The van der Waals surface area contributed by atoms with E-state index in [2.05, 4.69) is 21.0 Å². The smallest absolute Gasteiger partial charge is 0.338 e. The van der Waals surface area contributed by atoms with Gasteiger partial charge in [-0.15, -0.1) is 11.3 Å². The van der Waals surface area contributed by atoms with E-state index in [-0.39, 0.29) is 66.6 Å². The first kappa shape index (κ1) is 30.9. The molecule has 2 aliphatic rings. The summed E-state index contributed by atoms with van der Waals surface area (Å²) in [7, 11) is 0. The Morgan fingerprint density at radius 2 is 2.09 bits per heavy atom. The number of rotatable bonds is 7. The van der Waals surface area contributed by atoms with Crippen LogP contribution < -0.4 is 15.2 Å². The molecule has 1 unspecified atom stereocenters. The summed E-state index contributed by atoms with van der Waals surface area (Å²) in [4.78, 5) is 42.4. The van der Waals surface area contributed by atoms with E-state index in [1.54, 1.807) is 46.4 Å². The Labute approximate surface area is 275 Å². The molecule has 0 amide bonds. The number of halogens is 3. The lowest BCUT2D eigenvalue weighted by Crippen LogP contribution is -2.50. The van der Waals surface area contributed by atoms with Gasteiger partial charge in [0.05, 0.1) is 46.0 Å². The van der Waals surface area contributed by atoms with Crippen molar-refractivity contribution in [2.45, 2.75) is 31.9 Å². The molecule has 15 heteroatoms. The van der Waals surface area contributed by atoms with Gasteiger partial charge in [-0.2, -0.15) is 5.26 Å². The van der Waals surface area contributed by atoms with Crippen LogP contribution in [0.4, 0.5) is 14.6 Å². The number of pyridine rings is 2. The first-order valence-electron chi connectivity index (χ1n) is 14.7. The van der Waals surface area contributed by atoms with Crippen molar-refractivity contribution in [2.75, 3.05) is 37.7 Å². The SMILES string of the molecule is Cc1nc2cnc(N3CCN4CC(F)(F)CC4C3)c(C#N)c2c(=O)n1CCOc1ccc(Cl)cc1-c1ccnc2c(C(=O)O)csc12. The fraction of sp³-hybridized carbons (Fsp3) is 0.312. The third-order valence-corrected chi connectivity index (χ3v) is 9.88. The molecule has 2 saturated heterocycles. The molecule has 2 fully saturated rings. The normalized spacial score (nSPS) is 17.6. The van der Waals surface area contributed by atoms with Crippen LogP contribution in [0.25, 0.3) is 32.2 Å². The molecule has 1 N–H and O–H groups in total. The maximum absolute atomic E-state index is 14.1. The standard InChI is InChI=1S/C32H26ClF2N7O4S/c1-17-39-24-13-38-29(40-6-7-41-16-32(34,35)11-19(41)14-40)22(12-36)26(24)30(43)42(17)8-9-46-25-3-2-18(33)10-21(25)20-4-5-37-27-23(31(44)45)15-47-28(20)27/h2-5,10,13,15,19H,6-9,11,14,16H2,1H3,(H,44,45). The molecular formula is C32H26ClF2N7O4S. The van der Waals surface area contributed by atoms with Crippen LogP contribution in [0.1, 0.15) is 28.2 Å². The van der Waals surface area contributed by atoms with Crippen LogP contribution in [-0.2, 0) is 6.54 Å². The minimum atomic E-state index is -2.75. The number of carboxylic acids is 1. The summed E-state index contributed by atoms with van der Waals surface area (Å²) in [6.45, 7) is 2.64. The fourth-order valence-corrected chi connectivity index (χ4v) is 7.69. The highest BCUT2D eigenvalue weighted by molar-refractivity contribution is 7.18. The summed E-state index contributed by atoms with van der Waals surface area (Å²) in [5.74, 6) is -2.67. The highest BCUT2D eigenvalue weighted by Crippen LogP contribution is 2.40. The lowest BCUT2D eigenvalue weighted by molar-refractivity contribution is 0.0125. The fourth-order valence-electron chi connectivity index (χ4n) is 6.49. The van der Waals surface area contributed by atoms with E-state index in [1.165, 1.54) is 28.3 Å². The molecule has 1 atom stereocenters. The van der Waals surface area contributed by atoms with Crippen molar-refractivity contribution >= 4 is 55.8 Å². The van der Waals surface area contributed by atoms with Crippen LogP contribution in [0.2, 0.25) is 5.02 Å². The molecule has 7 rings (SSSR count). The quantitative estimate of drug-likeness (QED) is 0.244. The monoisotopic (exact) mass is 677 g/mol. The summed E-state index contributed by atoms with van der Waals surface area (Å²) in [5, 5.41) is 21.9. The van der Waals surface area contributed by atoms with Crippen LogP contribution in [-0.4, -0.2) is 80.2 Å². The Morgan fingerprint density at radius 3 is 2.87 bits per heavy atom. The van der Waals surface area contributed by atoms with Gasteiger partial charge >= 0.3 is 5.97 Å². The Kier molecular flexibility index (Phi) is 7.78. The first-order valence-corrected chi connectivity index (χ1v) is 16.0. The van der Waals surface area contributed by atoms with E-state index < -0.39 is 17.5 Å². The van der Waals surface area contributed by atoms with E-state index in [9.17, 15) is 28.7 Å². The van der Waals surface area contributed by atoms with Gasteiger partial charge in [-0.05, 0) is 31.2 Å². The molecule has 4 aromatic heterocycles. The average Bonchev–Trinajstić information content (AvgIpc) is 3.61. The van der Waals surface area contributed by atoms with Crippen molar-refractivity contribution in [1.29, 1.82) is 5.26 Å². The second-order valence-electron chi connectivity index (χ2n) is 11.6. The number of aryl methyl sites for hydroxylation is 1. The Morgan fingerprint density at radius 1 is 1.26 bits per heavy atom. The zero-order valence-electron chi connectivity index (χ0n) is 24.9. The van der Waals surface area contributed by atoms with E-state index in [0.717, 1.165) is 0 Å². The highest BCUT2D eigenvalue weighted by Gasteiger charge is 2.47. The molecule has 0 bridgehead atoms. The number of fused-ring (bicyclic) bond motifs is 3. The number of carbonyl (C=O) groups is 1. The molecule has 1 aromatic carbocycles. The zero-order valence-corrected chi connectivity index (χ0v) is 26.5. The van der Waals surface area contributed by atoms with Crippen molar-refractivity contribution in [2.24, 2.45) is 0 Å². The maximum atomic E-state index is 14.1. The topological polar surface area (TPSA) is 137 Å². The molecule has 47 heavy (non-hydrogen) atoms. The molecule has 0 aliphatic carbocycles. The summed E-state index contributed by atoms with van der Waals surface area (Å²) in [6.07, 6.45) is 2.72. The number of hydrogen-bond acceptors (Lipinski definition) is 10. The van der Waals surface area contributed by atoms with E-state index in [1.807, 2.05) is 0 Å². The number of ether oxygens (including phenoxy) is 1.